The Morgan fingerprint density at radius 3 is 2.94 bits per heavy atom. The summed E-state index contributed by atoms with van der Waals surface area (Å²) in [6.07, 6.45) is 7.51. The first-order chi connectivity index (χ1) is 7.69. The molecule has 0 bridgehead atoms. The van der Waals surface area contributed by atoms with E-state index in [4.69, 9.17) is 6.42 Å². The van der Waals surface area contributed by atoms with Crippen molar-refractivity contribution in [1.82, 2.24) is 9.97 Å². The van der Waals surface area contributed by atoms with Crippen molar-refractivity contribution in [2.45, 2.75) is 39.2 Å². The zero-order valence-electron chi connectivity index (χ0n) is 9.71. The Hall–Kier alpha value is -1.76. The highest BCUT2D eigenvalue weighted by Crippen LogP contribution is 2.06. The lowest BCUT2D eigenvalue weighted by molar-refractivity contribution is 0.708. The van der Waals surface area contributed by atoms with Gasteiger partial charge in [0.05, 0.1) is 0 Å². The molecule has 0 aliphatic rings. The van der Waals surface area contributed by atoms with E-state index in [2.05, 4.69) is 21.2 Å². The molecule has 2 N–H and O–H groups in total. The second-order valence-electron chi connectivity index (χ2n) is 3.59. The molecule has 0 saturated carbocycles. The van der Waals surface area contributed by atoms with E-state index in [1.807, 2.05) is 13.8 Å². The molecule has 4 heteroatoms. The van der Waals surface area contributed by atoms with Gasteiger partial charge in [-0.15, -0.1) is 12.3 Å². The summed E-state index contributed by atoms with van der Waals surface area (Å²) in [4.78, 5) is 18.3. The molecule has 1 aromatic rings. The zero-order valence-corrected chi connectivity index (χ0v) is 9.71. The molecule has 1 atom stereocenters. The summed E-state index contributed by atoms with van der Waals surface area (Å²) >= 11 is 0. The second kappa shape index (κ2) is 5.96. The highest BCUT2D eigenvalue weighted by Gasteiger charge is 2.06. The molecule has 0 aliphatic carbocycles. The van der Waals surface area contributed by atoms with E-state index in [0.717, 1.165) is 6.42 Å². The number of aromatic nitrogens is 2. The molecule has 0 radical (unpaired) electrons. The van der Waals surface area contributed by atoms with Crippen LogP contribution in [0.25, 0.3) is 0 Å². The topological polar surface area (TPSA) is 57.8 Å². The summed E-state index contributed by atoms with van der Waals surface area (Å²) in [5.74, 6) is 3.89. The minimum atomic E-state index is -0.134. The van der Waals surface area contributed by atoms with Crippen LogP contribution in [0.3, 0.4) is 0 Å². The van der Waals surface area contributed by atoms with Crippen molar-refractivity contribution in [1.29, 1.82) is 0 Å². The molecule has 1 aromatic heterocycles. The molecule has 1 rings (SSSR count). The first-order valence-electron chi connectivity index (χ1n) is 5.49. The number of rotatable bonds is 5. The summed E-state index contributed by atoms with van der Waals surface area (Å²) in [6, 6.07) is 1.63. The lowest BCUT2D eigenvalue weighted by Gasteiger charge is -2.14. The Labute approximate surface area is 95.5 Å². The van der Waals surface area contributed by atoms with Gasteiger partial charge in [0, 0.05) is 24.9 Å². The van der Waals surface area contributed by atoms with Crippen LogP contribution in [0.5, 0.6) is 0 Å². The normalized spacial score (nSPS) is 11.8. The van der Waals surface area contributed by atoms with Gasteiger partial charge in [-0.05, 0) is 6.42 Å². The van der Waals surface area contributed by atoms with Crippen LogP contribution in [0.15, 0.2) is 10.9 Å². The number of aromatic amines is 1. The van der Waals surface area contributed by atoms with Gasteiger partial charge in [0.15, 0.2) is 0 Å². The zero-order chi connectivity index (χ0) is 12.0. The summed E-state index contributed by atoms with van der Waals surface area (Å²) in [6.45, 7) is 3.99. The van der Waals surface area contributed by atoms with Crippen LogP contribution < -0.4 is 10.9 Å². The Morgan fingerprint density at radius 1 is 1.62 bits per heavy atom. The van der Waals surface area contributed by atoms with Crippen molar-refractivity contribution in [3.05, 3.63) is 22.2 Å². The fourth-order valence-electron chi connectivity index (χ4n) is 1.40. The number of anilines is 1. The van der Waals surface area contributed by atoms with Crippen molar-refractivity contribution < 1.29 is 0 Å². The molecular weight excluding hydrogens is 202 g/mol. The average molecular weight is 219 g/mol. The van der Waals surface area contributed by atoms with E-state index in [-0.39, 0.29) is 11.6 Å². The van der Waals surface area contributed by atoms with E-state index >= 15 is 0 Å². The van der Waals surface area contributed by atoms with Crippen molar-refractivity contribution in [2.24, 2.45) is 0 Å². The smallest absolute Gasteiger partial charge is 0.252 e. The van der Waals surface area contributed by atoms with Gasteiger partial charge < -0.3 is 10.3 Å². The van der Waals surface area contributed by atoms with Gasteiger partial charge in [0.1, 0.15) is 11.6 Å². The molecule has 4 nitrogen and oxygen atoms in total. The minimum absolute atomic E-state index is 0.134. The van der Waals surface area contributed by atoms with E-state index in [1.54, 1.807) is 0 Å². The molecule has 1 heterocycles. The van der Waals surface area contributed by atoms with Crippen molar-refractivity contribution in [3.8, 4) is 12.3 Å². The largest absolute Gasteiger partial charge is 0.366 e. The molecule has 0 spiro atoms. The Balaban J connectivity index is 2.84. The third-order valence-electron chi connectivity index (χ3n) is 2.33. The predicted molar refractivity (Wildman–Crippen MR) is 65.4 cm³/mol. The Bertz CT molecular complexity index is 431. The highest BCUT2D eigenvalue weighted by atomic mass is 16.1. The van der Waals surface area contributed by atoms with Gasteiger partial charge in [-0.1, -0.05) is 13.8 Å². The van der Waals surface area contributed by atoms with E-state index in [0.29, 0.717) is 24.5 Å². The number of aryl methyl sites for hydroxylation is 1. The number of nitrogens with zero attached hydrogens (tertiary/aromatic N) is 1. The average Bonchev–Trinajstić information content (AvgIpc) is 2.27. The molecule has 86 valence electrons. The van der Waals surface area contributed by atoms with Crippen LogP contribution in [0, 0.1) is 12.3 Å². The van der Waals surface area contributed by atoms with Crippen LogP contribution in [-0.4, -0.2) is 16.0 Å². The fourth-order valence-corrected chi connectivity index (χ4v) is 1.40. The summed E-state index contributed by atoms with van der Waals surface area (Å²) < 4.78 is 0. The van der Waals surface area contributed by atoms with Gasteiger partial charge in [-0.2, -0.15) is 0 Å². The van der Waals surface area contributed by atoms with Gasteiger partial charge in [-0.25, -0.2) is 4.98 Å². The number of terminal acetylenes is 1. The van der Waals surface area contributed by atoms with Crippen LogP contribution in [0.1, 0.15) is 32.5 Å². The van der Waals surface area contributed by atoms with Crippen LogP contribution in [0.2, 0.25) is 0 Å². The Kier molecular flexibility index (Phi) is 4.59. The third-order valence-corrected chi connectivity index (χ3v) is 2.33. The molecule has 0 aliphatic heterocycles. The van der Waals surface area contributed by atoms with Gasteiger partial charge in [-0.3, -0.25) is 4.79 Å². The number of nitrogens with one attached hydrogen (secondary N) is 2. The number of hydrogen-bond acceptors (Lipinski definition) is 3. The summed E-state index contributed by atoms with van der Waals surface area (Å²) in [5, 5.41) is 3.17. The molecule has 0 aromatic carbocycles. The molecule has 1 unspecified atom stereocenters. The standard InChI is InChI=1S/C12H17N3O/c1-4-7-9(5-2)13-11-8-12(16)15-10(6-3)14-11/h1,8-9H,5-7H2,2-3H3,(H2,13,14,15,16). The first-order valence-corrected chi connectivity index (χ1v) is 5.49. The van der Waals surface area contributed by atoms with E-state index in [1.165, 1.54) is 6.07 Å². The molecule has 0 amide bonds. The maximum Gasteiger partial charge on any atom is 0.252 e. The van der Waals surface area contributed by atoms with Crippen LogP contribution in [0.4, 0.5) is 5.82 Å². The fraction of sp³-hybridized carbons (Fsp3) is 0.500. The highest BCUT2D eigenvalue weighted by molar-refractivity contribution is 5.34. The van der Waals surface area contributed by atoms with Crippen LogP contribution >= 0.6 is 0 Å². The van der Waals surface area contributed by atoms with Gasteiger partial charge in [0.2, 0.25) is 0 Å². The maximum atomic E-state index is 11.3. The molecule has 0 saturated heterocycles. The van der Waals surface area contributed by atoms with Crippen LogP contribution in [-0.2, 0) is 6.42 Å². The van der Waals surface area contributed by atoms with E-state index < -0.39 is 0 Å². The van der Waals surface area contributed by atoms with E-state index in [9.17, 15) is 4.79 Å². The number of H-pyrrole nitrogens is 1. The quantitative estimate of drug-likeness (QED) is 0.739. The monoisotopic (exact) mass is 219 g/mol. The second-order valence-corrected chi connectivity index (χ2v) is 3.59. The van der Waals surface area contributed by atoms with Gasteiger partial charge >= 0.3 is 0 Å². The lowest BCUT2D eigenvalue weighted by Crippen LogP contribution is -2.21. The SMILES string of the molecule is C#CCC(CC)Nc1cc(=O)[nH]c(CC)n1. The minimum Gasteiger partial charge on any atom is -0.366 e. The summed E-state index contributed by atoms with van der Waals surface area (Å²) in [5.41, 5.74) is -0.134. The first kappa shape index (κ1) is 12.3. The molecule has 16 heavy (non-hydrogen) atoms. The molecular formula is C12H17N3O. The van der Waals surface area contributed by atoms with Crippen molar-refractivity contribution in [2.75, 3.05) is 5.32 Å². The lowest BCUT2D eigenvalue weighted by atomic mass is 10.1. The third kappa shape index (κ3) is 3.43. The maximum absolute atomic E-state index is 11.3. The predicted octanol–water partition coefficient (Wildman–Crippen LogP) is 1.55. The Morgan fingerprint density at radius 2 is 2.38 bits per heavy atom. The number of hydrogen-bond donors (Lipinski definition) is 2. The summed E-state index contributed by atoms with van der Waals surface area (Å²) in [7, 11) is 0. The van der Waals surface area contributed by atoms with Crippen molar-refractivity contribution >= 4 is 5.82 Å². The van der Waals surface area contributed by atoms with Crippen molar-refractivity contribution in [3.63, 3.8) is 0 Å². The van der Waals surface area contributed by atoms with Gasteiger partial charge in [0.25, 0.3) is 5.56 Å². The molecule has 0 fully saturated rings.